The number of H-pyrrole nitrogens is 1. The van der Waals surface area contributed by atoms with Crippen molar-refractivity contribution in [3.05, 3.63) is 35.5 Å². The minimum Gasteiger partial charge on any atom is -0.469 e. The number of ether oxygens (including phenoxy) is 1. The largest absolute Gasteiger partial charge is 0.469 e. The highest BCUT2D eigenvalue weighted by Crippen LogP contribution is 2.30. The van der Waals surface area contributed by atoms with Crippen LogP contribution in [0.15, 0.2) is 24.3 Å². The summed E-state index contributed by atoms with van der Waals surface area (Å²) >= 11 is 0. The van der Waals surface area contributed by atoms with Gasteiger partial charge in [-0.1, -0.05) is 18.2 Å². The third-order valence-electron chi connectivity index (χ3n) is 3.38. The second-order valence-corrected chi connectivity index (χ2v) is 5.33. The maximum absolute atomic E-state index is 11.8. The predicted octanol–water partition coefficient (Wildman–Crippen LogP) is 3.22. The fraction of sp³-hybridized carbons (Fsp3) is 0.400. The van der Waals surface area contributed by atoms with Crippen molar-refractivity contribution in [1.82, 2.24) is 4.98 Å². The van der Waals surface area contributed by atoms with Gasteiger partial charge in [0.05, 0.1) is 12.5 Å². The summed E-state index contributed by atoms with van der Waals surface area (Å²) in [5, 5.41) is 1.19. The summed E-state index contributed by atoms with van der Waals surface area (Å²) in [4.78, 5) is 15.1. The zero-order valence-corrected chi connectivity index (χ0v) is 11.3. The Morgan fingerprint density at radius 2 is 2.00 bits per heavy atom. The van der Waals surface area contributed by atoms with Gasteiger partial charge in [-0.3, -0.25) is 4.79 Å². The molecule has 18 heavy (non-hydrogen) atoms. The molecule has 0 spiro atoms. The number of methoxy groups -OCH3 is 1. The molecule has 1 N–H and O–H groups in total. The number of rotatable bonds is 3. The Bertz CT molecular complexity index is 581. The third-order valence-corrected chi connectivity index (χ3v) is 3.38. The molecule has 0 aliphatic heterocycles. The first-order valence-corrected chi connectivity index (χ1v) is 6.10. The van der Waals surface area contributed by atoms with Crippen LogP contribution < -0.4 is 0 Å². The van der Waals surface area contributed by atoms with Gasteiger partial charge in [0, 0.05) is 16.6 Å². The van der Waals surface area contributed by atoms with Crippen LogP contribution in [0.1, 0.15) is 25.1 Å². The van der Waals surface area contributed by atoms with Gasteiger partial charge in [-0.15, -0.1) is 0 Å². The molecule has 1 aromatic heterocycles. The van der Waals surface area contributed by atoms with Gasteiger partial charge in [0.2, 0.25) is 0 Å². The average molecular weight is 245 g/mol. The van der Waals surface area contributed by atoms with Crippen LogP contribution in [0.4, 0.5) is 0 Å². The van der Waals surface area contributed by atoms with Crippen molar-refractivity contribution in [3.8, 4) is 0 Å². The van der Waals surface area contributed by atoms with Gasteiger partial charge in [-0.2, -0.15) is 0 Å². The zero-order chi connectivity index (χ0) is 13.3. The van der Waals surface area contributed by atoms with E-state index in [4.69, 9.17) is 4.74 Å². The molecule has 2 aromatic rings. The van der Waals surface area contributed by atoms with Crippen molar-refractivity contribution in [2.24, 2.45) is 5.41 Å². The summed E-state index contributed by atoms with van der Waals surface area (Å²) in [5.41, 5.74) is 2.92. The molecule has 0 bridgehead atoms. The Kier molecular flexibility index (Phi) is 3.16. The maximum atomic E-state index is 11.8. The lowest BCUT2D eigenvalue weighted by Crippen LogP contribution is -2.28. The SMILES string of the molecule is COC(=O)C(C)(C)Cc1c(C)[nH]c2ccccc12. The molecule has 1 heterocycles. The highest BCUT2D eigenvalue weighted by atomic mass is 16.5. The third kappa shape index (κ3) is 2.13. The standard InChI is InChI=1S/C15H19NO2/c1-10-12(9-15(2,3)14(17)18-4)11-7-5-6-8-13(11)16-10/h5-8,16H,9H2,1-4H3. The Hall–Kier alpha value is -1.77. The number of carbonyl (C=O) groups is 1. The first-order valence-electron chi connectivity index (χ1n) is 6.10. The fourth-order valence-corrected chi connectivity index (χ4v) is 2.35. The van der Waals surface area contributed by atoms with Gasteiger partial charge < -0.3 is 9.72 Å². The summed E-state index contributed by atoms with van der Waals surface area (Å²) < 4.78 is 4.87. The topological polar surface area (TPSA) is 42.1 Å². The zero-order valence-electron chi connectivity index (χ0n) is 11.3. The summed E-state index contributed by atoms with van der Waals surface area (Å²) in [5.74, 6) is -0.174. The normalized spacial score (nSPS) is 11.8. The van der Waals surface area contributed by atoms with Crippen LogP contribution in [0, 0.1) is 12.3 Å². The van der Waals surface area contributed by atoms with E-state index in [0.717, 1.165) is 11.2 Å². The van der Waals surface area contributed by atoms with E-state index in [1.165, 1.54) is 18.1 Å². The maximum Gasteiger partial charge on any atom is 0.311 e. The van der Waals surface area contributed by atoms with Crippen LogP contribution >= 0.6 is 0 Å². The summed E-state index contributed by atoms with van der Waals surface area (Å²) in [6.45, 7) is 5.88. The van der Waals surface area contributed by atoms with Crippen molar-refractivity contribution in [3.63, 3.8) is 0 Å². The molecule has 0 aliphatic carbocycles. The molecule has 0 radical (unpaired) electrons. The minimum absolute atomic E-state index is 0.174. The number of para-hydroxylation sites is 1. The molecule has 0 atom stereocenters. The van der Waals surface area contributed by atoms with Gasteiger partial charge in [0.1, 0.15) is 0 Å². The van der Waals surface area contributed by atoms with Crippen LogP contribution in [0.25, 0.3) is 10.9 Å². The Balaban J connectivity index is 2.43. The number of benzene rings is 1. The number of esters is 1. The van der Waals surface area contributed by atoms with E-state index >= 15 is 0 Å². The fourth-order valence-electron chi connectivity index (χ4n) is 2.35. The Labute approximate surface area is 107 Å². The molecule has 96 valence electrons. The van der Waals surface area contributed by atoms with E-state index < -0.39 is 5.41 Å². The number of aromatic amines is 1. The number of aromatic nitrogens is 1. The lowest BCUT2D eigenvalue weighted by molar-refractivity contribution is -0.150. The van der Waals surface area contributed by atoms with Crippen molar-refractivity contribution in [1.29, 1.82) is 0 Å². The predicted molar refractivity (Wildman–Crippen MR) is 72.5 cm³/mol. The van der Waals surface area contributed by atoms with Crippen molar-refractivity contribution in [2.45, 2.75) is 27.2 Å². The molecule has 0 unspecified atom stereocenters. The van der Waals surface area contributed by atoms with E-state index in [0.29, 0.717) is 6.42 Å². The average Bonchev–Trinajstić information content (AvgIpc) is 2.65. The van der Waals surface area contributed by atoms with E-state index in [1.807, 2.05) is 32.9 Å². The van der Waals surface area contributed by atoms with Crippen molar-refractivity contribution < 1.29 is 9.53 Å². The number of fused-ring (bicyclic) bond motifs is 1. The molecular weight excluding hydrogens is 226 g/mol. The summed E-state index contributed by atoms with van der Waals surface area (Å²) in [7, 11) is 1.44. The monoisotopic (exact) mass is 245 g/mol. The van der Waals surface area contributed by atoms with Gasteiger partial charge in [-0.05, 0) is 38.8 Å². The molecule has 3 heteroatoms. The van der Waals surface area contributed by atoms with Gasteiger partial charge >= 0.3 is 5.97 Å². The molecule has 2 rings (SSSR count). The second-order valence-electron chi connectivity index (χ2n) is 5.33. The second kappa shape index (κ2) is 4.48. The van der Waals surface area contributed by atoms with Gasteiger partial charge in [-0.25, -0.2) is 0 Å². The lowest BCUT2D eigenvalue weighted by Gasteiger charge is -2.21. The summed E-state index contributed by atoms with van der Waals surface area (Å²) in [6, 6.07) is 8.16. The first-order chi connectivity index (χ1) is 8.45. The highest BCUT2D eigenvalue weighted by molar-refractivity contribution is 5.86. The highest BCUT2D eigenvalue weighted by Gasteiger charge is 2.30. The van der Waals surface area contributed by atoms with Crippen LogP contribution in [0.3, 0.4) is 0 Å². The Morgan fingerprint density at radius 1 is 1.33 bits per heavy atom. The van der Waals surface area contributed by atoms with Gasteiger partial charge in [0.15, 0.2) is 0 Å². The van der Waals surface area contributed by atoms with E-state index in [-0.39, 0.29) is 5.97 Å². The lowest BCUT2D eigenvalue weighted by atomic mass is 9.85. The molecule has 1 aromatic carbocycles. The number of aryl methyl sites for hydroxylation is 1. The quantitative estimate of drug-likeness (QED) is 0.844. The molecule has 0 saturated carbocycles. The van der Waals surface area contributed by atoms with E-state index in [9.17, 15) is 4.79 Å². The Morgan fingerprint density at radius 3 is 2.67 bits per heavy atom. The van der Waals surface area contributed by atoms with Crippen LogP contribution in [-0.4, -0.2) is 18.1 Å². The van der Waals surface area contributed by atoms with Crippen molar-refractivity contribution >= 4 is 16.9 Å². The van der Waals surface area contributed by atoms with E-state index in [1.54, 1.807) is 0 Å². The van der Waals surface area contributed by atoms with Crippen molar-refractivity contribution in [2.75, 3.05) is 7.11 Å². The minimum atomic E-state index is -0.509. The number of carbonyl (C=O) groups excluding carboxylic acids is 1. The van der Waals surface area contributed by atoms with Crippen LogP contribution in [-0.2, 0) is 16.0 Å². The number of nitrogens with one attached hydrogen (secondary N) is 1. The smallest absolute Gasteiger partial charge is 0.311 e. The van der Waals surface area contributed by atoms with Crippen LogP contribution in [0.5, 0.6) is 0 Å². The van der Waals surface area contributed by atoms with E-state index in [2.05, 4.69) is 17.1 Å². The summed E-state index contributed by atoms with van der Waals surface area (Å²) in [6.07, 6.45) is 0.676. The molecule has 3 nitrogen and oxygen atoms in total. The van der Waals surface area contributed by atoms with Gasteiger partial charge in [0.25, 0.3) is 0 Å². The van der Waals surface area contributed by atoms with Crippen LogP contribution in [0.2, 0.25) is 0 Å². The molecule has 0 fully saturated rings. The first kappa shape index (κ1) is 12.7. The molecular formula is C15H19NO2. The molecule has 0 aliphatic rings. The molecule has 0 saturated heterocycles. The molecule has 0 amide bonds. The number of hydrogen-bond acceptors (Lipinski definition) is 2. The number of hydrogen-bond donors (Lipinski definition) is 1.